The number of carbonyl (C=O) groups is 2. The maximum atomic E-state index is 12.3. The van der Waals surface area contributed by atoms with Crippen LogP contribution in [0, 0.1) is 12.3 Å². The Labute approximate surface area is 147 Å². The molecule has 0 fully saturated rings. The van der Waals surface area contributed by atoms with Crippen molar-refractivity contribution in [1.29, 1.82) is 0 Å². The van der Waals surface area contributed by atoms with Gasteiger partial charge in [-0.15, -0.1) is 0 Å². The third kappa shape index (κ3) is 4.59. The number of carboxylic acids is 1. The molecular weight excluding hydrogens is 318 g/mol. The fraction of sp³-hybridized carbons (Fsp3) is 0.300. The topological polar surface area (TPSA) is 75.6 Å². The smallest absolute Gasteiger partial charge is 0.407 e. The van der Waals surface area contributed by atoms with Crippen LogP contribution >= 0.6 is 0 Å². The van der Waals surface area contributed by atoms with Crippen LogP contribution in [-0.2, 0) is 16.1 Å². The van der Waals surface area contributed by atoms with E-state index in [9.17, 15) is 14.7 Å². The maximum absolute atomic E-state index is 12.3. The minimum atomic E-state index is -1.20. The van der Waals surface area contributed by atoms with Crippen molar-refractivity contribution in [3.8, 4) is 0 Å². The molecule has 0 spiro atoms. The van der Waals surface area contributed by atoms with Gasteiger partial charge in [0.2, 0.25) is 0 Å². The summed E-state index contributed by atoms with van der Waals surface area (Å²) in [5.74, 6) is -0.996. The summed E-state index contributed by atoms with van der Waals surface area (Å²) in [6, 6.07) is 16.0. The van der Waals surface area contributed by atoms with E-state index < -0.39 is 23.5 Å². The first-order valence-electron chi connectivity index (χ1n) is 8.08. The molecule has 0 aliphatic rings. The normalized spacial score (nSPS) is 12.3. The minimum Gasteiger partial charge on any atom is -0.481 e. The molecule has 0 saturated carbocycles. The summed E-state index contributed by atoms with van der Waals surface area (Å²) in [6.07, 6.45) is -0.647. The van der Waals surface area contributed by atoms with E-state index in [-0.39, 0.29) is 6.61 Å². The highest BCUT2D eigenvalue weighted by Gasteiger charge is 2.39. The number of rotatable bonds is 6. The Morgan fingerprint density at radius 1 is 1.08 bits per heavy atom. The molecule has 2 aromatic rings. The van der Waals surface area contributed by atoms with Gasteiger partial charge in [-0.2, -0.15) is 0 Å². The highest BCUT2D eigenvalue weighted by atomic mass is 16.5. The van der Waals surface area contributed by atoms with Crippen LogP contribution in [0.3, 0.4) is 0 Å². The average molecular weight is 341 g/mol. The van der Waals surface area contributed by atoms with E-state index in [1.54, 1.807) is 13.8 Å². The molecule has 2 N–H and O–H groups in total. The van der Waals surface area contributed by atoms with Crippen molar-refractivity contribution in [2.45, 2.75) is 33.4 Å². The van der Waals surface area contributed by atoms with E-state index in [1.807, 2.05) is 61.5 Å². The van der Waals surface area contributed by atoms with Crippen LogP contribution in [0.4, 0.5) is 4.79 Å². The fourth-order valence-electron chi connectivity index (χ4n) is 2.56. The predicted molar refractivity (Wildman–Crippen MR) is 95.1 cm³/mol. The molecule has 1 amide bonds. The van der Waals surface area contributed by atoms with Crippen LogP contribution in [0.25, 0.3) is 0 Å². The molecule has 2 rings (SSSR count). The second kappa shape index (κ2) is 7.83. The lowest BCUT2D eigenvalue weighted by Crippen LogP contribution is -2.43. The molecule has 2 aromatic carbocycles. The van der Waals surface area contributed by atoms with Crippen LogP contribution in [0.1, 0.15) is 36.6 Å². The lowest BCUT2D eigenvalue weighted by molar-refractivity contribution is -0.148. The molecule has 0 bridgehead atoms. The van der Waals surface area contributed by atoms with E-state index >= 15 is 0 Å². The summed E-state index contributed by atoms with van der Waals surface area (Å²) >= 11 is 0. The Hall–Kier alpha value is -2.82. The van der Waals surface area contributed by atoms with Gasteiger partial charge in [0.15, 0.2) is 0 Å². The monoisotopic (exact) mass is 341 g/mol. The van der Waals surface area contributed by atoms with Gasteiger partial charge in [0.25, 0.3) is 0 Å². The van der Waals surface area contributed by atoms with Crippen molar-refractivity contribution in [1.82, 2.24) is 5.32 Å². The van der Waals surface area contributed by atoms with Crippen molar-refractivity contribution < 1.29 is 19.4 Å². The minimum absolute atomic E-state index is 0.126. The zero-order chi connectivity index (χ0) is 18.4. The van der Waals surface area contributed by atoms with Gasteiger partial charge in [0.1, 0.15) is 6.61 Å². The maximum Gasteiger partial charge on any atom is 0.407 e. The zero-order valence-corrected chi connectivity index (χ0v) is 14.7. The number of benzene rings is 2. The number of carboxylic acid groups (broad SMARTS) is 1. The Bertz CT molecular complexity index is 740. The Morgan fingerprint density at radius 2 is 1.68 bits per heavy atom. The van der Waals surface area contributed by atoms with E-state index in [0.29, 0.717) is 0 Å². The van der Waals surface area contributed by atoms with Gasteiger partial charge in [-0.1, -0.05) is 54.6 Å². The third-order valence-corrected chi connectivity index (χ3v) is 4.25. The molecule has 25 heavy (non-hydrogen) atoms. The molecule has 0 saturated heterocycles. The molecule has 0 aliphatic carbocycles. The molecular formula is C20H23NO4. The predicted octanol–water partition coefficient (Wildman–Crippen LogP) is 4.07. The van der Waals surface area contributed by atoms with Crippen molar-refractivity contribution in [3.63, 3.8) is 0 Å². The van der Waals surface area contributed by atoms with Crippen LogP contribution < -0.4 is 5.32 Å². The van der Waals surface area contributed by atoms with Gasteiger partial charge < -0.3 is 15.2 Å². The number of hydrogen-bond donors (Lipinski definition) is 2. The summed E-state index contributed by atoms with van der Waals surface area (Å²) in [7, 11) is 0. The van der Waals surface area contributed by atoms with Crippen molar-refractivity contribution >= 4 is 12.1 Å². The van der Waals surface area contributed by atoms with E-state index in [2.05, 4.69) is 5.32 Å². The number of aryl methyl sites for hydroxylation is 1. The van der Waals surface area contributed by atoms with Gasteiger partial charge in [-0.05, 0) is 37.5 Å². The molecule has 5 heteroatoms. The standard InChI is InChI=1S/C20H23NO4/c1-14-9-7-8-12-16(14)17(20(2,3)18(22)23)21-19(24)25-13-15-10-5-4-6-11-15/h4-12,17H,13H2,1-3H3,(H,21,24)(H,22,23). The van der Waals surface area contributed by atoms with Crippen LogP contribution in [-0.4, -0.2) is 17.2 Å². The van der Waals surface area contributed by atoms with Gasteiger partial charge in [-0.25, -0.2) is 4.79 Å². The van der Waals surface area contributed by atoms with Crippen molar-refractivity contribution in [2.75, 3.05) is 0 Å². The van der Waals surface area contributed by atoms with Crippen LogP contribution in [0.2, 0.25) is 0 Å². The molecule has 132 valence electrons. The lowest BCUT2D eigenvalue weighted by Gasteiger charge is -2.32. The molecule has 0 aliphatic heterocycles. The first-order valence-corrected chi connectivity index (χ1v) is 8.08. The lowest BCUT2D eigenvalue weighted by atomic mass is 9.79. The first kappa shape index (κ1) is 18.5. The highest BCUT2D eigenvalue weighted by molar-refractivity contribution is 5.77. The van der Waals surface area contributed by atoms with Crippen LogP contribution in [0.15, 0.2) is 54.6 Å². The van der Waals surface area contributed by atoms with E-state index in [0.717, 1.165) is 16.7 Å². The Balaban J connectivity index is 2.17. The van der Waals surface area contributed by atoms with Crippen molar-refractivity contribution in [3.05, 3.63) is 71.3 Å². The Morgan fingerprint density at radius 3 is 2.28 bits per heavy atom. The van der Waals surface area contributed by atoms with Crippen LogP contribution in [0.5, 0.6) is 0 Å². The summed E-state index contributed by atoms with van der Waals surface area (Å²) in [6.45, 7) is 5.19. The highest BCUT2D eigenvalue weighted by Crippen LogP contribution is 2.35. The van der Waals surface area contributed by atoms with Gasteiger partial charge >= 0.3 is 12.1 Å². The second-order valence-electron chi connectivity index (χ2n) is 6.52. The number of carbonyl (C=O) groups excluding carboxylic acids is 1. The van der Waals surface area contributed by atoms with Crippen molar-refractivity contribution in [2.24, 2.45) is 5.41 Å². The summed E-state index contributed by atoms with van der Waals surface area (Å²) < 4.78 is 5.25. The molecule has 0 aromatic heterocycles. The number of alkyl carbamates (subject to hydrolysis) is 1. The SMILES string of the molecule is Cc1ccccc1C(NC(=O)OCc1ccccc1)C(C)(C)C(=O)O. The molecule has 1 unspecified atom stereocenters. The number of nitrogens with one attached hydrogen (secondary N) is 1. The largest absolute Gasteiger partial charge is 0.481 e. The number of ether oxygens (including phenoxy) is 1. The van der Waals surface area contributed by atoms with E-state index in [4.69, 9.17) is 4.74 Å². The number of aliphatic carboxylic acids is 1. The number of hydrogen-bond acceptors (Lipinski definition) is 3. The van der Waals surface area contributed by atoms with Gasteiger partial charge in [-0.3, -0.25) is 4.79 Å². The fourth-order valence-corrected chi connectivity index (χ4v) is 2.56. The second-order valence-corrected chi connectivity index (χ2v) is 6.52. The summed E-state index contributed by atoms with van der Waals surface area (Å²) in [5, 5.41) is 12.3. The number of amides is 1. The Kier molecular flexibility index (Phi) is 5.80. The molecule has 1 atom stereocenters. The van der Waals surface area contributed by atoms with Gasteiger partial charge in [0, 0.05) is 0 Å². The third-order valence-electron chi connectivity index (χ3n) is 4.25. The summed E-state index contributed by atoms with van der Waals surface area (Å²) in [5.41, 5.74) is 1.33. The first-order chi connectivity index (χ1) is 11.8. The van der Waals surface area contributed by atoms with E-state index in [1.165, 1.54) is 0 Å². The van der Waals surface area contributed by atoms with Gasteiger partial charge in [0.05, 0.1) is 11.5 Å². The molecule has 5 nitrogen and oxygen atoms in total. The molecule has 0 heterocycles. The summed E-state index contributed by atoms with van der Waals surface area (Å²) in [4.78, 5) is 24.0. The zero-order valence-electron chi connectivity index (χ0n) is 14.7. The molecule has 0 radical (unpaired) electrons. The quantitative estimate of drug-likeness (QED) is 0.830. The average Bonchev–Trinajstić information content (AvgIpc) is 2.59.